The van der Waals surface area contributed by atoms with Gasteiger partial charge in [-0.25, -0.2) is 4.98 Å². The number of hydrogen-bond donors (Lipinski definition) is 0. The Hall–Kier alpha value is -1.08. The molecular formula is C10H4Cl2N2S. The molecule has 0 amide bonds. The van der Waals surface area contributed by atoms with Crippen LogP contribution in [0.3, 0.4) is 0 Å². The highest BCUT2D eigenvalue weighted by Gasteiger charge is 2.11. The van der Waals surface area contributed by atoms with E-state index in [-0.39, 0.29) is 0 Å². The largest absolute Gasteiger partial charge is 0.225 e. The second-order valence-electron chi connectivity index (χ2n) is 2.75. The number of aromatic nitrogens is 1. The van der Waals surface area contributed by atoms with E-state index in [9.17, 15) is 0 Å². The molecule has 0 aliphatic rings. The molecule has 74 valence electrons. The Balaban J connectivity index is 2.59. The fraction of sp³-hybridized carbons (Fsp3) is 0. The Morgan fingerprint density at radius 2 is 1.93 bits per heavy atom. The third-order valence-corrected chi connectivity index (χ3v) is 3.29. The van der Waals surface area contributed by atoms with E-state index in [0.717, 1.165) is 0 Å². The van der Waals surface area contributed by atoms with Gasteiger partial charge in [-0.3, -0.25) is 0 Å². The maximum atomic E-state index is 8.66. The molecular weight excluding hydrogens is 251 g/mol. The van der Waals surface area contributed by atoms with Gasteiger partial charge in [0.05, 0.1) is 10.0 Å². The maximum absolute atomic E-state index is 8.66. The fourth-order valence-electron chi connectivity index (χ4n) is 1.14. The van der Waals surface area contributed by atoms with Gasteiger partial charge in [0.25, 0.3) is 0 Å². The summed E-state index contributed by atoms with van der Waals surface area (Å²) in [7, 11) is 0. The third kappa shape index (κ3) is 1.98. The summed E-state index contributed by atoms with van der Waals surface area (Å²) >= 11 is 13.4. The Bertz CT molecular complexity index is 522. The smallest absolute Gasteiger partial charge is 0.152 e. The van der Waals surface area contributed by atoms with E-state index in [4.69, 9.17) is 28.5 Å². The first-order chi connectivity index (χ1) is 7.22. The molecule has 0 aliphatic carbocycles. The van der Waals surface area contributed by atoms with E-state index >= 15 is 0 Å². The summed E-state index contributed by atoms with van der Waals surface area (Å²) in [4.78, 5) is 4.11. The summed E-state index contributed by atoms with van der Waals surface area (Å²) < 4.78 is 0. The number of benzene rings is 1. The molecule has 2 aromatic rings. The molecule has 0 unspecified atom stereocenters. The molecule has 0 bridgehead atoms. The molecule has 1 aromatic heterocycles. The lowest BCUT2D eigenvalue weighted by Gasteiger charge is -2.01. The molecule has 15 heavy (non-hydrogen) atoms. The van der Waals surface area contributed by atoms with Crippen LogP contribution in [-0.4, -0.2) is 4.98 Å². The Kier molecular flexibility index (Phi) is 2.92. The zero-order chi connectivity index (χ0) is 10.8. The lowest BCUT2D eigenvalue weighted by molar-refractivity contribution is 1.33. The number of hydrogen-bond acceptors (Lipinski definition) is 3. The van der Waals surface area contributed by atoms with Crippen LogP contribution >= 0.6 is 34.5 Å². The van der Waals surface area contributed by atoms with Crippen LogP contribution in [0.1, 0.15) is 5.69 Å². The molecule has 2 nitrogen and oxygen atoms in total. The van der Waals surface area contributed by atoms with Crippen molar-refractivity contribution in [1.29, 1.82) is 5.26 Å². The second kappa shape index (κ2) is 4.19. The number of rotatable bonds is 1. The maximum Gasteiger partial charge on any atom is 0.152 e. The number of thiazole rings is 1. The first-order valence-electron chi connectivity index (χ1n) is 4.02. The third-order valence-electron chi connectivity index (χ3n) is 1.80. The highest BCUT2D eigenvalue weighted by molar-refractivity contribution is 7.13. The first kappa shape index (κ1) is 10.4. The molecule has 0 spiro atoms. The lowest BCUT2D eigenvalue weighted by Crippen LogP contribution is -1.81. The molecule has 5 heteroatoms. The standard InChI is InChI=1S/C10H4Cl2N2S/c11-7-2-1-3-8(12)9(7)10-14-6(4-13)5-15-10/h1-3,5H. The number of nitrogens with zero attached hydrogens (tertiary/aromatic N) is 2. The predicted molar refractivity (Wildman–Crippen MR) is 62.3 cm³/mol. The fourth-order valence-corrected chi connectivity index (χ4v) is 2.65. The molecule has 0 radical (unpaired) electrons. The molecule has 1 aromatic carbocycles. The summed E-state index contributed by atoms with van der Waals surface area (Å²) in [6, 6.07) is 7.23. The Morgan fingerprint density at radius 3 is 2.47 bits per heavy atom. The minimum absolute atomic E-state index is 0.381. The van der Waals surface area contributed by atoms with Gasteiger partial charge < -0.3 is 0 Å². The molecule has 0 saturated carbocycles. The zero-order valence-corrected chi connectivity index (χ0v) is 9.70. The van der Waals surface area contributed by atoms with Gasteiger partial charge in [-0.1, -0.05) is 29.3 Å². The topological polar surface area (TPSA) is 36.7 Å². The minimum atomic E-state index is 0.381. The summed E-state index contributed by atoms with van der Waals surface area (Å²) in [6.45, 7) is 0. The van der Waals surface area contributed by atoms with Crippen molar-refractivity contribution in [2.45, 2.75) is 0 Å². The van der Waals surface area contributed by atoms with Crippen LogP contribution in [0, 0.1) is 11.3 Å². The van der Waals surface area contributed by atoms with Gasteiger partial charge in [-0.15, -0.1) is 11.3 Å². The zero-order valence-electron chi connectivity index (χ0n) is 7.37. The lowest BCUT2D eigenvalue weighted by atomic mass is 10.2. The molecule has 2 rings (SSSR count). The van der Waals surface area contributed by atoms with Crippen molar-refractivity contribution in [2.75, 3.05) is 0 Å². The van der Waals surface area contributed by atoms with Crippen LogP contribution < -0.4 is 0 Å². The van der Waals surface area contributed by atoms with Crippen molar-refractivity contribution in [3.8, 4) is 16.6 Å². The number of nitriles is 1. The molecule has 0 fully saturated rings. The van der Waals surface area contributed by atoms with Crippen LogP contribution in [0.4, 0.5) is 0 Å². The van der Waals surface area contributed by atoms with Crippen LogP contribution in [0.5, 0.6) is 0 Å². The summed E-state index contributed by atoms with van der Waals surface area (Å²) in [5.74, 6) is 0. The van der Waals surface area contributed by atoms with Gasteiger partial charge in [0.1, 0.15) is 11.1 Å². The van der Waals surface area contributed by atoms with Crippen molar-refractivity contribution in [3.63, 3.8) is 0 Å². The highest BCUT2D eigenvalue weighted by Crippen LogP contribution is 2.35. The first-order valence-corrected chi connectivity index (χ1v) is 5.66. The number of halogens is 2. The Morgan fingerprint density at radius 1 is 1.27 bits per heavy atom. The van der Waals surface area contributed by atoms with E-state index < -0.39 is 0 Å². The van der Waals surface area contributed by atoms with E-state index in [0.29, 0.717) is 26.3 Å². The van der Waals surface area contributed by atoms with Crippen molar-refractivity contribution in [2.24, 2.45) is 0 Å². The van der Waals surface area contributed by atoms with Gasteiger partial charge in [-0.05, 0) is 12.1 Å². The quantitative estimate of drug-likeness (QED) is 0.772. The average molecular weight is 255 g/mol. The van der Waals surface area contributed by atoms with Gasteiger partial charge in [0, 0.05) is 10.9 Å². The van der Waals surface area contributed by atoms with E-state index in [1.807, 2.05) is 6.07 Å². The van der Waals surface area contributed by atoms with E-state index in [1.165, 1.54) is 11.3 Å². The van der Waals surface area contributed by atoms with Gasteiger partial charge in [0.15, 0.2) is 5.69 Å². The minimum Gasteiger partial charge on any atom is -0.225 e. The molecule has 0 aliphatic heterocycles. The van der Waals surface area contributed by atoms with Crippen LogP contribution in [0.25, 0.3) is 10.6 Å². The normalized spacial score (nSPS) is 9.93. The predicted octanol–water partition coefficient (Wildman–Crippen LogP) is 3.99. The molecule has 0 N–H and O–H groups in total. The second-order valence-corrected chi connectivity index (χ2v) is 4.42. The molecule has 1 heterocycles. The van der Waals surface area contributed by atoms with Gasteiger partial charge >= 0.3 is 0 Å². The van der Waals surface area contributed by atoms with E-state index in [1.54, 1.807) is 23.6 Å². The van der Waals surface area contributed by atoms with E-state index in [2.05, 4.69) is 4.98 Å². The Labute approximate surface area is 101 Å². The van der Waals surface area contributed by atoms with Gasteiger partial charge in [-0.2, -0.15) is 5.26 Å². The van der Waals surface area contributed by atoms with Crippen molar-refractivity contribution in [3.05, 3.63) is 39.3 Å². The molecule has 0 saturated heterocycles. The highest BCUT2D eigenvalue weighted by atomic mass is 35.5. The van der Waals surface area contributed by atoms with Crippen molar-refractivity contribution >= 4 is 34.5 Å². The SMILES string of the molecule is N#Cc1csc(-c2c(Cl)cccc2Cl)n1. The van der Waals surface area contributed by atoms with Crippen molar-refractivity contribution < 1.29 is 0 Å². The molecule has 0 atom stereocenters. The average Bonchev–Trinajstić information content (AvgIpc) is 2.66. The van der Waals surface area contributed by atoms with Gasteiger partial charge in [0.2, 0.25) is 0 Å². The summed E-state index contributed by atoms with van der Waals surface area (Å²) in [6.07, 6.45) is 0. The van der Waals surface area contributed by atoms with Crippen LogP contribution in [-0.2, 0) is 0 Å². The van der Waals surface area contributed by atoms with Crippen LogP contribution in [0.2, 0.25) is 10.0 Å². The summed E-state index contributed by atoms with van der Waals surface area (Å²) in [5.41, 5.74) is 1.07. The van der Waals surface area contributed by atoms with Crippen LogP contribution in [0.15, 0.2) is 23.6 Å². The monoisotopic (exact) mass is 254 g/mol. The van der Waals surface area contributed by atoms with Crippen molar-refractivity contribution in [1.82, 2.24) is 4.98 Å². The summed E-state index contributed by atoms with van der Waals surface area (Å²) in [5, 5.41) is 12.1.